The lowest BCUT2D eigenvalue weighted by Crippen LogP contribution is -2.39. The molecule has 4 rings (SSSR count). The van der Waals surface area contributed by atoms with E-state index in [-0.39, 0.29) is 23.8 Å². The molecule has 0 saturated carbocycles. The Morgan fingerprint density at radius 3 is 2.38 bits per heavy atom. The fraction of sp³-hybridized carbons (Fsp3) is 0.381. The molecule has 1 atom stereocenters. The molecular weight excluding hydrogens is 390 g/mol. The smallest absolute Gasteiger partial charge is 0.311 e. The summed E-state index contributed by atoms with van der Waals surface area (Å²) in [6, 6.07) is 7.37. The van der Waals surface area contributed by atoms with Gasteiger partial charge in [-0.25, -0.2) is 4.79 Å². The van der Waals surface area contributed by atoms with Crippen molar-refractivity contribution in [1.29, 1.82) is 0 Å². The van der Waals surface area contributed by atoms with E-state index < -0.39 is 0 Å². The number of benzene rings is 1. The first kappa shape index (κ1) is 19.5. The Morgan fingerprint density at radius 2 is 1.76 bits per heavy atom. The topological polar surface area (TPSA) is 66.2 Å². The third-order valence-corrected chi connectivity index (χ3v) is 6.10. The predicted molar refractivity (Wildman–Crippen MR) is 115 cm³/mol. The van der Waals surface area contributed by atoms with Crippen molar-refractivity contribution in [3.63, 3.8) is 0 Å². The third-order valence-electron chi connectivity index (χ3n) is 5.85. The van der Waals surface area contributed by atoms with E-state index in [0.717, 1.165) is 23.4 Å². The van der Waals surface area contributed by atoms with E-state index in [2.05, 4.69) is 18.4 Å². The van der Waals surface area contributed by atoms with Crippen molar-refractivity contribution < 1.29 is 0 Å². The van der Waals surface area contributed by atoms with E-state index in [0.29, 0.717) is 22.0 Å². The molecule has 0 N–H and O–H groups in total. The summed E-state index contributed by atoms with van der Waals surface area (Å²) in [6.45, 7) is 8.44. The molecule has 0 radical (unpaired) electrons. The van der Waals surface area contributed by atoms with Gasteiger partial charge in [-0.05, 0) is 44.9 Å². The number of aromatic nitrogens is 5. The molecule has 0 fully saturated rings. The Labute approximate surface area is 172 Å². The van der Waals surface area contributed by atoms with Crippen LogP contribution in [0.3, 0.4) is 0 Å². The maximum absolute atomic E-state index is 13.4. The molecule has 0 aliphatic rings. The lowest BCUT2D eigenvalue weighted by Gasteiger charge is -2.13. The zero-order valence-corrected chi connectivity index (χ0v) is 18.0. The number of rotatable bonds is 4. The number of hydrogen-bond acceptors (Lipinski definition) is 3. The minimum atomic E-state index is -0.386. The summed E-state index contributed by atoms with van der Waals surface area (Å²) in [6.07, 6.45) is 0.938. The summed E-state index contributed by atoms with van der Waals surface area (Å²) in [7, 11) is 1.66. The van der Waals surface area contributed by atoms with Crippen molar-refractivity contribution in [3.8, 4) is 0 Å². The van der Waals surface area contributed by atoms with Crippen LogP contribution in [0.5, 0.6) is 0 Å². The van der Waals surface area contributed by atoms with Crippen LogP contribution in [0.1, 0.15) is 43.3 Å². The molecular formula is C21H24ClN5O2. The molecule has 0 amide bonds. The summed E-state index contributed by atoms with van der Waals surface area (Å²) in [5.41, 5.74) is 2.97. The third kappa shape index (κ3) is 2.83. The highest BCUT2D eigenvalue weighted by atomic mass is 35.5. The highest BCUT2D eigenvalue weighted by Crippen LogP contribution is 2.25. The van der Waals surface area contributed by atoms with E-state index in [1.807, 2.05) is 30.4 Å². The maximum Gasteiger partial charge on any atom is 0.332 e. The molecule has 0 aliphatic heterocycles. The fourth-order valence-corrected chi connectivity index (χ4v) is 4.02. The molecule has 3 aromatic heterocycles. The second-order valence-electron chi connectivity index (χ2n) is 7.58. The second-order valence-corrected chi connectivity index (χ2v) is 8.01. The van der Waals surface area contributed by atoms with Gasteiger partial charge in [0.05, 0.1) is 6.54 Å². The minimum Gasteiger partial charge on any atom is -0.311 e. The zero-order chi connectivity index (χ0) is 21.0. The summed E-state index contributed by atoms with van der Waals surface area (Å²) in [5.74, 6) is 0.695. The Kier molecular flexibility index (Phi) is 4.65. The Bertz CT molecular complexity index is 1350. The number of nitrogens with zero attached hydrogens (tertiary/aromatic N) is 5. The van der Waals surface area contributed by atoms with Gasteiger partial charge in [0.2, 0.25) is 5.78 Å². The molecule has 3 heterocycles. The normalized spacial score (nSPS) is 12.9. The Morgan fingerprint density at radius 1 is 1.10 bits per heavy atom. The van der Waals surface area contributed by atoms with E-state index in [4.69, 9.17) is 16.6 Å². The number of imidazole rings is 2. The molecule has 7 nitrogen and oxygen atoms in total. The molecule has 4 aromatic rings. The Balaban J connectivity index is 2.05. The SMILES string of the molecule is CC[C@@H](C)n1c(C)c(C)n2c3c(=O)n(Cc4ccc(Cl)cc4)c(=O)n(C)c3nc12. The van der Waals surface area contributed by atoms with E-state index in [9.17, 15) is 9.59 Å². The lowest BCUT2D eigenvalue weighted by atomic mass is 10.2. The van der Waals surface area contributed by atoms with Gasteiger partial charge in [0.15, 0.2) is 11.2 Å². The highest BCUT2D eigenvalue weighted by Gasteiger charge is 2.24. The number of hydrogen-bond donors (Lipinski definition) is 0. The van der Waals surface area contributed by atoms with Crippen molar-refractivity contribution in [2.75, 3.05) is 0 Å². The first-order chi connectivity index (χ1) is 13.8. The molecule has 0 spiro atoms. The fourth-order valence-electron chi connectivity index (χ4n) is 3.90. The predicted octanol–water partition coefficient (Wildman–Crippen LogP) is 3.44. The molecule has 0 unspecified atom stereocenters. The van der Waals surface area contributed by atoms with Crippen LogP contribution >= 0.6 is 11.6 Å². The van der Waals surface area contributed by atoms with Crippen LogP contribution in [0, 0.1) is 13.8 Å². The van der Waals surface area contributed by atoms with Gasteiger partial charge in [-0.1, -0.05) is 30.7 Å². The Hall–Kier alpha value is -2.80. The molecule has 0 bridgehead atoms. The minimum absolute atomic E-state index is 0.177. The standard InChI is InChI=1S/C21H24ClN5O2/c1-6-12(2)26-13(3)14(4)27-17-18(23-20(26)27)24(5)21(29)25(19(17)28)11-15-7-9-16(22)10-8-15/h7-10,12H,6,11H2,1-5H3/t12-/m1/s1. The molecule has 152 valence electrons. The van der Waals surface area contributed by atoms with Crippen molar-refractivity contribution in [1.82, 2.24) is 23.1 Å². The second kappa shape index (κ2) is 6.91. The lowest BCUT2D eigenvalue weighted by molar-refractivity contribution is 0.532. The van der Waals surface area contributed by atoms with Gasteiger partial charge in [0, 0.05) is 29.5 Å². The summed E-state index contributed by atoms with van der Waals surface area (Å²) in [4.78, 5) is 31.1. The monoisotopic (exact) mass is 413 g/mol. The van der Waals surface area contributed by atoms with Crippen LogP contribution in [0.2, 0.25) is 5.02 Å². The van der Waals surface area contributed by atoms with Crippen molar-refractivity contribution in [3.05, 3.63) is 67.1 Å². The number of fused-ring (bicyclic) bond motifs is 3. The van der Waals surface area contributed by atoms with Gasteiger partial charge in [-0.2, -0.15) is 4.98 Å². The largest absolute Gasteiger partial charge is 0.332 e. The average molecular weight is 414 g/mol. The molecule has 0 saturated heterocycles. The first-order valence-corrected chi connectivity index (χ1v) is 10.1. The van der Waals surface area contributed by atoms with Crippen LogP contribution in [0.25, 0.3) is 16.9 Å². The van der Waals surface area contributed by atoms with E-state index in [1.165, 1.54) is 9.13 Å². The average Bonchev–Trinajstić information content (AvgIpc) is 3.20. The van der Waals surface area contributed by atoms with Crippen molar-refractivity contribution in [2.45, 2.75) is 46.7 Å². The van der Waals surface area contributed by atoms with Gasteiger partial charge in [0.1, 0.15) is 0 Å². The van der Waals surface area contributed by atoms with Gasteiger partial charge < -0.3 is 4.57 Å². The van der Waals surface area contributed by atoms with Crippen LogP contribution in [-0.4, -0.2) is 23.1 Å². The molecule has 29 heavy (non-hydrogen) atoms. The van der Waals surface area contributed by atoms with Crippen LogP contribution < -0.4 is 11.2 Å². The van der Waals surface area contributed by atoms with Gasteiger partial charge in [-0.3, -0.25) is 18.3 Å². The van der Waals surface area contributed by atoms with Gasteiger partial charge in [-0.15, -0.1) is 0 Å². The highest BCUT2D eigenvalue weighted by molar-refractivity contribution is 6.30. The van der Waals surface area contributed by atoms with E-state index in [1.54, 1.807) is 19.2 Å². The molecule has 0 aliphatic carbocycles. The molecule has 8 heteroatoms. The maximum atomic E-state index is 13.4. The van der Waals surface area contributed by atoms with E-state index >= 15 is 0 Å². The van der Waals surface area contributed by atoms with Gasteiger partial charge >= 0.3 is 5.69 Å². The van der Waals surface area contributed by atoms with Crippen LogP contribution in [-0.2, 0) is 13.6 Å². The van der Waals surface area contributed by atoms with Crippen LogP contribution in [0.4, 0.5) is 0 Å². The quantitative estimate of drug-likeness (QED) is 0.514. The summed E-state index contributed by atoms with van der Waals surface area (Å²) in [5, 5.41) is 0.611. The van der Waals surface area contributed by atoms with Crippen LogP contribution in [0.15, 0.2) is 33.9 Å². The summed E-state index contributed by atoms with van der Waals surface area (Å²) < 4.78 is 6.74. The van der Waals surface area contributed by atoms with Crippen molar-refractivity contribution in [2.24, 2.45) is 7.05 Å². The number of halogens is 1. The van der Waals surface area contributed by atoms with Crippen molar-refractivity contribution >= 4 is 28.5 Å². The first-order valence-electron chi connectivity index (χ1n) is 9.70. The van der Waals surface area contributed by atoms with Gasteiger partial charge in [0.25, 0.3) is 5.56 Å². The summed E-state index contributed by atoms with van der Waals surface area (Å²) >= 11 is 5.95. The molecule has 1 aromatic carbocycles. The zero-order valence-electron chi connectivity index (χ0n) is 17.2. The number of aryl methyl sites for hydroxylation is 2.